The molecule has 18 heavy (non-hydrogen) atoms. The molecule has 0 bridgehead atoms. The number of aromatic nitrogens is 1. The minimum Gasteiger partial charge on any atom is -0.384 e. The number of thioether (sulfide) groups is 1. The van der Waals surface area contributed by atoms with Gasteiger partial charge in [0.25, 0.3) is 0 Å². The molecule has 0 atom stereocenters. The number of aliphatic hydroxyl groups is 1. The molecular weight excluding hydrogens is 330 g/mol. The van der Waals surface area contributed by atoms with Crippen LogP contribution in [0.3, 0.4) is 0 Å². The highest BCUT2D eigenvalue weighted by molar-refractivity contribution is 9.10. The first-order valence-corrected chi connectivity index (χ1v) is 7.80. The van der Waals surface area contributed by atoms with Crippen LogP contribution in [0.25, 0.3) is 0 Å². The number of halogens is 1. The lowest BCUT2D eigenvalue weighted by Crippen LogP contribution is -1.79. The highest BCUT2D eigenvalue weighted by Crippen LogP contribution is 2.25. The van der Waals surface area contributed by atoms with Gasteiger partial charge in [-0.25, -0.2) is 4.98 Å². The third-order valence-corrected chi connectivity index (χ3v) is 4.66. The number of hydrogen-bond donors (Lipinski definition) is 1. The van der Waals surface area contributed by atoms with Crippen molar-refractivity contribution in [1.29, 1.82) is 0 Å². The van der Waals surface area contributed by atoms with Crippen LogP contribution in [0.2, 0.25) is 0 Å². The first-order valence-electron chi connectivity index (χ1n) is 5.21. The molecule has 0 saturated heterocycles. The molecule has 1 N–H and O–H groups in total. The average molecular weight is 340 g/mol. The molecular formula is C13H10BrNOS2. The Hall–Kier alpha value is -0.800. The van der Waals surface area contributed by atoms with E-state index in [1.54, 1.807) is 29.3 Å². The lowest BCUT2D eigenvalue weighted by molar-refractivity contribution is 0.350. The molecule has 2 nitrogen and oxygen atoms in total. The molecule has 0 fully saturated rings. The van der Waals surface area contributed by atoms with Gasteiger partial charge in [0.15, 0.2) is 0 Å². The Bertz CT molecular complexity index is 569. The van der Waals surface area contributed by atoms with E-state index in [1.165, 1.54) is 4.88 Å². The van der Waals surface area contributed by atoms with Crippen molar-refractivity contribution in [2.24, 2.45) is 0 Å². The summed E-state index contributed by atoms with van der Waals surface area (Å²) in [6.07, 6.45) is 1.80. The van der Waals surface area contributed by atoms with Crippen LogP contribution in [0.5, 0.6) is 0 Å². The molecule has 0 aliphatic carbocycles. The van der Waals surface area contributed by atoms with Gasteiger partial charge in [-0.05, 0) is 40.2 Å². The Morgan fingerprint density at radius 1 is 1.33 bits per heavy atom. The van der Waals surface area contributed by atoms with Crippen molar-refractivity contribution in [2.75, 3.05) is 6.61 Å². The molecule has 5 heteroatoms. The van der Waals surface area contributed by atoms with Gasteiger partial charge in [-0.1, -0.05) is 11.8 Å². The molecule has 0 spiro atoms. The third kappa shape index (κ3) is 4.14. The van der Waals surface area contributed by atoms with Crippen molar-refractivity contribution in [1.82, 2.24) is 4.98 Å². The summed E-state index contributed by atoms with van der Waals surface area (Å²) < 4.78 is 0.990. The number of aliphatic hydroxyl groups excluding tert-OH is 1. The minimum atomic E-state index is -0.0925. The van der Waals surface area contributed by atoms with Gasteiger partial charge in [0.1, 0.15) is 6.61 Å². The second-order valence-corrected chi connectivity index (χ2v) is 6.41. The van der Waals surface area contributed by atoms with Gasteiger partial charge in [0, 0.05) is 21.3 Å². The number of rotatable bonds is 3. The summed E-state index contributed by atoms with van der Waals surface area (Å²) in [5.41, 5.74) is 0. The largest absolute Gasteiger partial charge is 0.384 e. The molecule has 0 amide bonds. The molecule has 0 aliphatic rings. The fourth-order valence-corrected chi connectivity index (χ4v) is 3.24. The van der Waals surface area contributed by atoms with E-state index in [-0.39, 0.29) is 6.61 Å². The van der Waals surface area contributed by atoms with E-state index in [9.17, 15) is 0 Å². The number of nitrogens with zero attached hydrogens (tertiary/aromatic N) is 1. The fourth-order valence-electron chi connectivity index (χ4n) is 1.24. The molecule has 0 saturated carbocycles. The zero-order valence-corrected chi connectivity index (χ0v) is 12.6. The highest BCUT2D eigenvalue weighted by Gasteiger charge is 2.01. The SMILES string of the molecule is OCC#Cc1ccc(CSc2ccc(Br)cn2)s1. The summed E-state index contributed by atoms with van der Waals surface area (Å²) in [6.45, 7) is -0.0925. The van der Waals surface area contributed by atoms with Crippen LogP contribution in [0.4, 0.5) is 0 Å². The van der Waals surface area contributed by atoms with Gasteiger partial charge in [-0.2, -0.15) is 0 Å². The smallest absolute Gasteiger partial charge is 0.104 e. The molecule has 2 aromatic heterocycles. The van der Waals surface area contributed by atoms with E-state index in [2.05, 4.69) is 38.8 Å². The van der Waals surface area contributed by atoms with Crippen molar-refractivity contribution in [3.05, 3.63) is 44.7 Å². The number of hydrogen-bond acceptors (Lipinski definition) is 4. The second-order valence-electron chi connectivity index (χ2n) is 3.33. The quantitative estimate of drug-likeness (QED) is 0.685. The van der Waals surface area contributed by atoms with E-state index in [0.29, 0.717) is 0 Å². The highest BCUT2D eigenvalue weighted by atomic mass is 79.9. The van der Waals surface area contributed by atoms with E-state index < -0.39 is 0 Å². The zero-order valence-electron chi connectivity index (χ0n) is 9.39. The Kier molecular flexibility index (Phi) is 5.26. The fraction of sp³-hybridized carbons (Fsp3) is 0.154. The van der Waals surface area contributed by atoms with Gasteiger partial charge in [-0.3, -0.25) is 0 Å². The Labute approximate surface area is 123 Å². The number of pyridine rings is 1. The monoisotopic (exact) mass is 339 g/mol. The Balaban J connectivity index is 1.94. The van der Waals surface area contributed by atoms with Crippen LogP contribution in [-0.2, 0) is 5.75 Å². The summed E-state index contributed by atoms with van der Waals surface area (Å²) in [6, 6.07) is 8.03. The van der Waals surface area contributed by atoms with Crippen LogP contribution >= 0.6 is 39.0 Å². The first-order chi connectivity index (χ1) is 8.78. The van der Waals surface area contributed by atoms with E-state index in [0.717, 1.165) is 20.1 Å². The van der Waals surface area contributed by atoms with Crippen LogP contribution in [0.15, 0.2) is 40.0 Å². The van der Waals surface area contributed by atoms with E-state index in [1.807, 2.05) is 18.2 Å². The average Bonchev–Trinajstić information content (AvgIpc) is 2.84. The van der Waals surface area contributed by atoms with Gasteiger partial charge >= 0.3 is 0 Å². The van der Waals surface area contributed by atoms with Crippen LogP contribution in [-0.4, -0.2) is 16.7 Å². The maximum atomic E-state index is 8.62. The predicted octanol–water partition coefficient (Wildman–Crippen LogP) is 3.54. The summed E-state index contributed by atoms with van der Waals surface area (Å²) in [5.74, 6) is 6.45. The summed E-state index contributed by atoms with van der Waals surface area (Å²) in [5, 5.41) is 9.63. The standard InChI is InChI=1S/C13H10BrNOS2/c14-10-3-6-13(15-8-10)17-9-12-5-4-11(18-12)2-1-7-16/h3-6,8,16H,7,9H2. The first kappa shape index (κ1) is 13.6. The summed E-state index contributed by atoms with van der Waals surface area (Å²) in [4.78, 5) is 6.56. The maximum absolute atomic E-state index is 8.62. The molecule has 2 heterocycles. The lowest BCUT2D eigenvalue weighted by Gasteiger charge is -1.98. The molecule has 0 aliphatic heterocycles. The molecule has 0 radical (unpaired) electrons. The van der Waals surface area contributed by atoms with Crippen molar-refractivity contribution in [3.8, 4) is 11.8 Å². The van der Waals surface area contributed by atoms with Crippen molar-refractivity contribution in [3.63, 3.8) is 0 Å². The number of thiophene rings is 1. The maximum Gasteiger partial charge on any atom is 0.104 e. The van der Waals surface area contributed by atoms with Crippen molar-refractivity contribution < 1.29 is 5.11 Å². The Morgan fingerprint density at radius 2 is 2.22 bits per heavy atom. The summed E-state index contributed by atoms with van der Waals surface area (Å²) >= 11 is 6.72. The van der Waals surface area contributed by atoms with Gasteiger partial charge < -0.3 is 5.11 Å². The Morgan fingerprint density at radius 3 is 2.94 bits per heavy atom. The van der Waals surface area contributed by atoms with Gasteiger partial charge in [0.2, 0.25) is 0 Å². The topological polar surface area (TPSA) is 33.1 Å². The second kappa shape index (κ2) is 6.95. The van der Waals surface area contributed by atoms with Gasteiger partial charge in [0.05, 0.1) is 9.90 Å². The molecule has 0 unspecified atom stereocenters. The predicted molar refractivity (Wildman–Crippen MR) is 79.8 cm³/mol. The normalized spacial score (nSPS) is 9.89. The van der Waals surface area contributed by atoms with Crippen LogP contribution in [0.1, 0.15) is 9.75 Å². The molecule has 0 aromatic carbocycles. The molecule has 2 aromatic rings. The minimum absolute atomic E-state index is 0.0925. The van der Waals surface area contributed by atoms with E-state index >= 15 is 0 Å². The third-order valence-electron chi connectivity index (χ3n) is 2.01. The molecule has 92 valence electrons. The van der Waals surface area contributed by atoms with Crippen molar-refractivity contribution in [2.45, 2.75) is 10.8 Å². The van der Waals surface area contributed by atoms with Crippen molar-refractivity contribution >= 4 is 39.0 Å². The summed E-state index contributed by atoms with van der Waals surface area (Å²) in [7, 11) is 0. The lowest BCUT2D eigenvalue weighted by atomic mass is 10.4. The van der Waals surface area contributed by atoms with Crippen LogP contribution in [0, 0.1) is 11.8 Å². The van der Waals surface area contributed by atoms with Gasteiger partial charge in [-0.15, -0.1) is 23.1 Å². The molecule has 2 rings (SSSR count). The van der Waals surface area contributed by atoms with E-state index in [4.69, 9.17) is 5.11 Å². The van der Waals surface area contributed by atoms with Crippen LogP contribution < -0.4 is 0 Å². The zero-order chi connectivity index (χ0) is 12.8.